The Labute approximate surface area is 137 Å². The third kappa shape index (κ3) is 3.18. The normalized spacial score (nSPS) is 27.0. The van der Waals surface area contributed by atoms with Gasteiger partial charge in [0, 0.05) is 19.1 Å². The summed E-state index contributed by atoms with van der Waals surface area (Å²) in [5.41, 5.74) is 0.689. The number of hydrogen-bond donors (Lipinski definition) is 0. The lowest BCUT2D eigenvalue weighted by molar-refractivity contribution is 0.00662. The van der Waals surface area contributed by atoms with Gasteiger partial charge in [0.05, 0.1) is 12.1 Å². The third-order valence-corrected chi connectivity index (χ3v) is 4.48. The number of piperazine rings is 1. The summed E-state index contributed by atoms with van der Waals surface area (Å²) in [5, 5.41) is 9.60. The molecule has 1 amide bonds. The van der Waals surface area contributed by atoms with Crippen LogP contribution in [-0.4, -0.2) is 46.2 Å². The molecule has 0 unspecified atom stereocenters. The van der Waals surface area contributed by atoms with E-state index in [9.17, 15) is 10.1 Å². The highest BCUT2D eigenvalue weighted by Crippen LogP contribution is 2.37. The van der Waals surface area contributed by atoms with Crippen molar-refractivity contribution in [2.24, 2.45) is 0 Å². The molecule has 0 aliphatic carbocycles. The van der Waals surface area contributed by atoms with E-state index in [2.05, 4.69) is 23.1 Å². The van der Waals surface area contributed by atoms with E-state index in [4.69, 9.17) is 4.74 Å². The lowest BCUT2D eigenvalue weighted by Gasteiger charge is -2.38. The van der Waals surface area contributed by atoms with Crippen molar-refractivity contribution in [1.29, 1.82) is 5.26 Å². The zero-order valence-electron chi connectivity index (χ0n) is 13.9. The van der Waals surface area contributed by atoms with E-state index in [1.807, 2.05) is 39.0 Å². The Morgan fingerprint density at radius 2 is 2.04 bits per heavy atom. The minimum atomic E-state index is -0.509. The highest BCUT2D eigenvalue weighted by molar-refractivity contribution is 5.69. The molecule has 2 saturated heterocycles. The van der Waals surface area contributed by atoms with Gasteiger partial charge in [0.2, 0.25) is 0 Å². The first kappa shape index (κ1) is 15.8. The quantitative estimate of drug-likeness (QED) is 0.842. The molecule has 2 aliphatic rings. The summed E-state index contributed by atoms with van der Waals surface area (Å²) in [6.45, 7) is 6.99. The minimum absolute atomic E-state index is 0.0661. The molecule has 122 valence electrons. The van der Waals surface area contributed by atoms with Gasteiger partial charge in [0.1, 0.15) is 11.6 Å². The molecular formula is C18H23N3O2. The summed E-state index contributed by atoms with van der Waals surface area (Å²) in [7, 11) is 0. The summed E-state index contributed by atoms with van der Waals surface area (Å²) < 4.78 is 5.48. The zero-order valence-corrected chi connectivity index (χ0v) is 13.9. The lowest BCUT2D eigenvalue weighted by atomic mass is 10.1. The fraction of sp³-hybridized carbons (Fsp3) is 0.556. The average Bonchev–Trinajstić information content (AvgIpc) is 3.04. The first-order valence-corrected chi connectivity index (χ1v) is 8.08. The van der Waals surface area contributed by atoms with Crippen molar-refractivity contribution in [1.82, 2.24) is 9.80 Å². The van der Waals surface area contributed by atoms with E-state index in [1.54, 1.807) is 4.90 Å². The van der Waals surface area contributed by atoms with Crippen molar-refractivity contribution in [2.45, 2.75) is 57.5 Å². The van der Waals surface area contributed by atoms with E-state index in [0.29, 0.717) is 6.54 Å². The molecule has 5 heteroatoms. The van der Waals surface area contributed by atoms with Gasteiger partial charge in [-0.05, 0) is 32.8 Å². The van der Waals surface area contributed by atoms with Crippen LogP contribution < -0.4 is 0 Å². The molecule has 2 aliphatic heterocycles. The SMILES string of the molecule is CC(C)(C)OC(=O)N1C[C@H]2C[C@@H]1[C@@H](C#N)N2Cc1ccccc1. The molecule has 0 radical (unpaired) electrons. The number of hydrogen-bond acceptors (Lipinski definition) is 4. The topological polar surface area (TPSA) is 56.6 Å². The number of likely N-dealkylation sites (tertiary alicyclic amines) is 2. The Bertz CT molecular complexity index is 617. The molecule has 5 nitrogen and oxygen atoms in total. The van der Waals surface area contributed by atoms with Crippen molar-refractivity contribution in [3.05, 3.63) is 35.9 Å². The largest absolute Gasteiger partial charge is 0.444 e. The summed E-state index contributed by atoms with van der Waals surface area (Å²) in [6.07, 6.45) is 0.550. The summed E-state index contributed by atoms with van der Waals surface area (Å²) in [4.78, 5) is 16.3. The number of ether oxygens (including phenoxy) is 1. The van der Waals surface area contributed by atoms with Gasteiger partial charge >= 0.3 is 6.09 Å². The molecule has 1 aromatic rings. The molecule has 1 aromatic carbocycles. The first-order chi connectivity index (χ1) is 10.9. The lowest BCUT2D eigenvalue weighted by Crippen LogP contribution is -2.54. The molecule has 2 heterocycles. The van der Waals surface area contributed by atoms with Crippen LogP contribution in [0.1, 0.15) is 32.8 Å². The van der Waals surface area contributed by atoms with Crippen molar-refractivity contribution < 1.29 is 9.53 Å². The Balaban J connectivity index is 1.71. The van der Waals surface area contributed by atoms with Crippen LogP contribution in [0.4, 0.5) is 4.79 Å². The molecule has 0 saturated carbocycles. The van der Waals surface area contributed by atoms with Crippen LogP contribution in [0.25, 0.3) is 0 Å². The van der Waals surface area contributed by atoms with E-state index < -0.39 is 5.60 Å². The van der Waals surface area contributed by atoms with E-state index >= 15 is 0 Å². The highest BCUT2D eigenvalue weighted by Gasteiger charge is 2.52. The van der Waals surface area contributed by atoms with Crippen molar-refractivity contribution in [3.63, 3.8) is 0 Å². The molecule has 23 heavy (non-hydrogen) atoms. The number of carbonyl (C=O) groups excluding carboxylic acids is 1. The molecule has 0 spiro atoms. The maximum Gasteiger partial charge on any atom is 0.410 e. The zero-order chi connectivity index (χ0) is 16.6. The molecule has 2 fully saturated rings. The highest BCUT2D eigenvalue weighted by atomic mass is 16.6. The van der Waals surface area contributed by atoms with Gasteiger partial charge in [-0.3, -0.25) is 4.90 Å². The smallest absolute Gasteiger partial charge is 0.410 e. The third-order valence-electron chi connectivity index (χ3n) is 4.48. The Morgan fingerprint density at radius 1 is 1.35 bits per heavy atom. The summed E-state index contributed by atoms with van der Waals surface area (Å²) in [5.74, 6) is 0. The second-order valence-electron chi connectivity index (χ2n) is 7.32. The monoisotopic (exact) mass is 313 g/mol. The predicted molar refractivity (Wildman–Crippen MR) is 86.5 cm³/mol. The van der Waals surface area contributed by atoms with Crippen LogP contribution in [-0.2, 0) is 11.3 Å². The van der Waals surface area contributed by atoms with Gasteiger partial charge in [-0.2, -0.15) is 5.26 Å². The Hall–Kier alpha value is -2.06. The molecule has 2 bridgehead atoms. The molecule has 3 atom stereocenters. The van der Waals surface area contributed by atoms with Crippen molar-refractivity contribution in [3.8, 4) is 6.07 Å². The maximum atomic E-state index is 12.4. The van der Waals surface area contributed by atoms with Gasteiger partial charge in [0.25, 0.3) is 0 Å². The minimum Gasteiger partial charge on any atom is -0.444 e. The van der Waals surface area contributed by atoms with Crippen LogP contribution in [0.15, 0.2) is 30.3 Å². The summed E-state index contributed by atoms with van der Waals surface area (Å²) in [6, 6.07) is 12.5. The number of benzene rings is 1. The fourth-order valence-electron chi connectivity index (χ4n) is 3.54. The number of nitrogens with zero attached hydrogens (tertiary/aromatic N) is 3. The summed E-state index contributed by atoms with van der Waals surface area (Å²) >= 11 is 0. The number of rotatable bonds is 2. The van der Waals surface area contributed by atoms with Gasteiger partial charge in [-0.25, -0.2) is 4.79 Å². The van der Waals surface area contributed by atoms with Crippen LogP contribution in [0.3, 0.4) is 0 Å². The van der Waals surface area contributed by atoms with Crippen LogP contribution in [0.2, 0.25) is 0 Å². The first-order valence-electron chi connectivity index (χ1n) is 8.08. The average molecular weight is 313 g/mol. The van der Waals surface area contributed by atoms with Gasteiger partial charge < -0.3 is 9.64 Å². The van der Waals surface area contributed by atoms with Crippen LogP contribution >= 0.6 is 0 Å². The van der Waals surface area contributed by atoms with E-state index in [-0.39, 0.29) is 24.2 Å². The molecular weight excluding hydrogens is 290 g/mol. The van der Waals surface area contributed by atoms with Crippen LogP contribution in [0, 0.1) is 11.3 Å². The Morgan fingerprint density at radius 3 is 2.65 bits per heavy atom. The number of carbonyl (C=O) groups is 1. The number of fused-ring (bicyclic) bond motifs is 2. The fourth-order valence-corrected chi connectivity index (χ4v) is 3.54. The van der Waals surface area contributed by atoms with Crippen molar-refractivity contribution in [2.75, 3.05) is 6.54 Å². The maximum absolute atomic E-state index is 12.4. The van der Waals surface area contributed by atoms with Crippen LogP contribution in [0.5, 0.6) is 0 Å². The number of amides is 1. The van der Waals surface area contributed by atoms with E-state index in [0.717, 1.165) is 13.0 Å². The second-order valence-corrected chi connectivity index (χ2v) is 7.32. The molecule has 0 N–H and O–H groups in total. The standard InChI is InChI=1S/C18H23N3O2/c1-18(2,3)23-17(22)21-12-14-9-15(21)16(10-19)20(14)11-13-7-5-4-6-8-13/h4-8,14-16H,9,11-12H2,1-3H3/t14-,15-,16-/m1/s1. The second kappa shape index (κ2) is 5.86. The van der Waals surface area contributed by atoms with Crippen molar-refractivity contribution >= 4 is 6.09 Å². The molecule has 3 rings (SSSR count). The van der Waals surface area contributed by atoms with Gasteiger partial charge in [0.15, 0.2) is 0 Å². The van der Waals surface area contributed by atoms with E-state index in [1.165, 1.54) is 5.56 Å². The Kier molecular flexibility index (Phi) is 4.03. The van der Waals surface area contributed by atoms with Gasteiger partial charge in [-0.15, -0.1) is 0 Å². The van der Waals surface area contributed by atoms with Gasteiger partial charge in [-0.1, -0.05) is 30.3 Å². The molecule has 0 aromatic heterocycles. The predicted octanol–water partition coefficient (Wildman–Crippen LogP) is 2.77. The number of nitriles is 1.